The average Bonchev–Trinajstić information content (AvgIpc) is 2.83. The number of nitrogens with two attached hydrogens (primary N) is 1. The summed E-state index contributed by atoms with van der Waals surface area (Å²) in [5.41, 5.74) is 5.67. The predicted octanol–water partition coefficient (Wildman–Crippen LogP) is 1.08. The Morgan fingerprint density at radius 3 is 2.82 bits per heavy atom. The van der Waals surface area contributed by atoms with E-state index in [1.165, 1.54) is 12.3 Å². The summed E-state index contributed by atoms with van der Waals surface area (Å²) in [5, 5.41) is -0.0288. The highest BCUT2D eigenvalue weighted by Gasteiger charge is 2.29. The molecule has 0 aliphatic heterocycles. The summed E-state index contributed by atoms with van der Waals surface area (Å²) in [7, 11) is -3.53. The first-order valence-electron chi connectivity index (χ1n) is 5.89. The van der Waals surface area contributed by atoms with E-state index in [1.54, 1.807) is 6.07 Å². The maximum absolute atomic E-state index is 12.0. The molecule has 2 unspecified atom stereocenters. The Morgan fingerprint density at radius 2 is 2.18 bits per heavy atom. The quantitative estimate of drug-likeness (QED) is 0.846. The Labute approximate surface area is 101 Å². The molecule has 1 aliphatic rings. The lowest BCUT2D eigenvalue weighted by Gasteiger charge is -2.30. The van der Waals surface area contributed by atoms with Crippen molar-refractivity contribution in [3.63, 3.8) is 0 Å². The predicted molar refractivity (Wildman–Crippen MR) is 63.8 cm³/mol. The lowest BCUT2D eigenvalue weighted by Crippen LogP contribution is -2.44. The number of rotatable bonds is 4. The van der Waals surface area contributed by atoms with E-state index in [9.17, 15) is 8.42 Å². The normalized spacial score (nSPS) is 25.9. The van der Waals surface area contributed by atoms with Crippen molar-refractivity contribution in [1.29, 1.82) is 0 Å². The molecule has 0 saturated heterocycles. The van der Waals surface area contributed by atoms with E-state index in [2.05, 4.69) is 4.72 Å². The molecular formula is C11H18N2O3S. The zero-order valence-corrected chi connectivity index (χ0v) is 10.4. The first-order chi connectivity index (χ1) is 8.13. The van der Waals surface area contributed by atoms with Crippen molar-refractivity contribution in [3.05, 3.63) is 18.4 Å². The van der Waals surface area contributed by atoms with Crippen LogP contribution in [0.2, 0.25) is 0 Å². The summed E-state index contributed by atoms with van der Waals surface area (Å²) in [6.45, 7) is 0.519. The molecule has 0 aromatic carbocycles. The highest BCUT2D eigenvalue weighted by molar-refractivity contribution is 7.89. The molecule has 17 heavy (non-hydrogen) atoms. The Hall–Kier alpha value is -0.850. The third-order valence-corrected chi connectivity index (χ3v) is 4.65. The molecule has 1 aliphatic carbocycles. The van der Waals surface area contributed by atoms with Gasteiger partial charge in [0.1, 0.15) is 0 Å². The summed E-state index contributed by atoms with van der Waals surface area (Å²) >= 11 is 0. The van der Waals surface area contributed by atoms with E-state index in [0.29, 0.717) is 6.54 Å². The fourth-order valence-corrected chi connectivity index (χ4v) is 3.58. The van der Waals surface area contributed by atoms with Crippen LogP contribution in [0.15, 0.2) is 27.9 Å². The molecule has 6 heteroatoms. The van der Waals surface area contributed by atoms with Crippen LogP contribution in [-0.4, -0.2) is 21.0 Å². The second kappa shape index (κ2) is 5.20. The van der Waals surface area contributed by atoms with Gasteiger partial charge in [-0.3, -0.25) is 0 Å². The Kier molecular flexibility index (Phi) is 3.86. The Bertz CT molecular complexity index is 441. The molecule has 1 aromatic rings. The van der Waals surface area contributed by atoms with Crippen molar-refractivity contribution in [1.82, 2.24) is 4.72 Å². The van der Waals surface area contributed by atoms with Crippen LogP contribution in [0, 0.1) is 5.92 Å². The highest BCUT2D eigenvalue weighted by atomic mass is 32.2. The van der Waals surface area contributed by atoms with E-state index in [4.69, 9.17) is 10.2 Å². The van der Waals surface area contributed by atoms with Gasteiger partial charge in [-0.15, -0.1) is 0 Å². The molecule has 2 atom stereocenters. The fraction of sp³-hybridized carbons (Fsp3) is 0.636. The molecule has 0 bridgehead atoms. The minimum absolute atomic E-state index is 0.0288. The molecule has 1 fully saturated rings. The van der Waals surface area contributed by atoms with Crippen LogP contribution in [0.4, 0.5) is 0 Å². The molecule has 2 rings (SSSR count). The van der Waals surface area contributed by atoms with E-state index < -0.39 is 10.0 Å². The zero-order valence-electron chi connectivity index (χ0n) is 9.63. The van der Waals surface area contributed by atoms with E-state index in [0.717, 1.165) is 25.7 Å². The van der Waals surface area contributed by atoms with Gasteiger partial charge < -0.3 is 10.2 Å². The third kappa shape index (κ3) is 2.88. The lowest BCUT2D eigenvalue weighted by molar-refractivity contribution is 0.294. The maximum Gasteiger partial charge on any atom is 0.274 e. The molecule has 1 saturated carbocycles. The molecule has 0 radical (unpaired) electrons. The molecule has 0 spiro atoms. The molecule has 96 valence electrons. The average molecular weight is 258 g/mol. The lowest BCUT2D eigenvalue weighted by atomic mass is 9.85. The van der Waals surface area contributed by atoms with E-state index in [-0.39, 0.29) is 17.1 Å². The molecule has 3 N–H and O–H groups in total. The third-order valence-electron chi connectivity index (χ3n) is 3.28. The van der Waals surface area contributed by atoms with Gasteiger partial charge in [0.2, 0.25) is 5.09 Å². The summed E-state index contributed by atoms with van der Waals surface area (Å²) in [6, 6.07) is 2.95. The number of hydrogen-bond donors (Lipinski definition) is 2. The van der Waals surface area contributed by atoms with Gasteiger partial charge in [-0.2, -0.15) is 0 Å². The van der Waals surface area contributed by atoms with Gasteiger partial charge in [-0.05, 0) is 37.4 Å². The smallest absolute Gasteiger partial charge is 0.274 e. The van der Waals surface area contributed by atoms with E-state index in [1.807, 2.05) is 0 Å². The highest BCUT2D eigenvalue weighted by Crippen LogP contribution is 2.25. The topological polar surface area (TPSA) is 85.3 Å². The van der Waals surface area contributed by atoms with Gasteiger partial charge >= 0.3 is 0 Å². The summed E-state index contributed by atoms with van der Waals surface area (Å²) in [4.78, 5) is 0. The van der Waals surface area contributed by atoms with Crippen LogP contribution in [0.1, 0.15) is 25.7 Å². The van der Waals surface area contributed by atoms with Crippen molar-refractivity contribution in [2.45, 2.75) is 36.8 Å². The molecule has 5 nitrogen and oxygen atoms in total. The number of hydrogen-bond acceptors (Lipinski definition) is 4. The largest absolute Gasteiger partial charge is 0.452 e. The number of nitrogens with one attached hydrogen (secondary N) is 1. The van der Waals surface area contributed by atoms with Crippen LogP contribution in [0.25, 0.3) is 0 Å². The van der Waals surface area contributed by atoms with Gasteiger partial charge in [0.05, 0.1) is 6.26 Å². The molecule has 1 heterocycles. The van der Waals surface area contributed by atoms with Crippen LogP contribution in [0.5, 0.6) is 0 Å². The SMILES string of the molecule is NCC1CCCCC1NS(=O)(=O)c1ccco1. The summed E-state index contributed by atoms with van der Waals surface area (Å²) < 4.78 is 31.6. The van der Waals surface area contributed by atoms with E-state index >= 15 is 0 Å². The molecular weight excluding hydrogens is 240 g/mol. The van der Waals surface area contributed by atoms with Gasteiger partial charge in [0.25, 0.3) is 10.0 Å². The van der Waals surface area contributed by atoms with Crippen molar-refractivity contribution < 1.29 is 12.8 Å². The maximum atomic E-state index is 12.0. The van der Waals surface area contributed by atoms with Crippen LogP contribution in [0.3, 0.4) is 0 Å². The zero-order chi connectivity index (χ0) is 12.3. The number of sulfonamides is 1. The van der Waals surface area contributed by atoms with Gasteiger partial charge in [-0.25, -0.2) is 13.1 Å². The van der Waals surface area contributed by atoms with Crippen LogP contribution >= 0.6 is 0 Å². The van der Waals surface area contributed by atoms with Crippen LogP contribution < -0.4 is 10.5 Å². The van der Waals surface area contributed by atoms with Crippen molar-refractivity contribution in [3.8, 4) is 0 Å². The molecule has 0 amide bonds. The van der Waals surface area contributed by atoms with Crippen molar-refractivity contribution >= 4 is 10.0 Å². The van der Waals surface area contributed by atoms with Crippen molar-refractivity contribution in [2.24, 2.45) is 11.7 Å². The van der Waals surface area contributed by atoms with Crippen LogP contribution in [-0.2, 0) is 10.0 Å². The number of furan rings is 1. The Balaban J connectivity index is 2.09. The standard InChI is InChI=1S/C11H18N2O3S/c12-8-9-4-1-2-5-10(9)13-17(14,15)11-6-3-7-16-11/h3,6-7,9-10,13H,1-2,4-5,8,12H2. The second-order valence-corrected chi connectivity index (χ2v) is 6.09. The Morgan fingerprint density at radius 1 is 1.41 bits per heavy atom. The first kappa shape index (κ1) is 12.6. The minimum atomic E-state index is -3.53. The van der Waals surface area contributed by atoms with Crippen molar-refractivity contribution in [2.75, 3.05) is 6.54 Å². The summed E-state index contributed by atoms with van der Waals surface area (Å²) in [6.07, 6.45) is 5.36. The first-order valence-corrected chi connectivity index (χ1v) is 7.37. The summed E-state index contributed by atoms with van der Waals surface area (Å²) in [5.74, 6) is 0.230. The van der Waals surface area contributed by atoms with Gasteiger partial charge in [-0.1, -0.05) is 12.8 Å². The fourth-order valence-electron chi connectivity index (χ4n) is 2.32. The monoisotopic (exact) mass is 258 g/mol. The van der Waals surface area contributed by atoms with Gasteiger partial charge in [0.15, 0.2) is 0 Å². The minimum Gasteiger partial charge on any atom is -0.452 e. The van der Waals surface area contributed by atoms with Gasteiger partial charge in [0, 0.05) is 6.04 Å². The second-order valence-electron chi connectivity index (χ2n) is 4.44. The molecule has 1 aromatic heterocycles.